The maximum absolute atomic E-state index is 12.0. The van der Waals surface area contributed by atoms with Crippen LogP contribution in [0.2, 0.25) is 0 Å². The van der Waals surface area contributed by atoms with Gasteiger partial charge in [0.15, 0.2) is 0 Å². The summed E-state index contributed by atoms with van der Waals surface area (Å²) in [7, 11) is -1.88. The predicted octanol–water partition coefficient (Wildman–Crippen LogP) is 0.989. The Labute approximate surface area is 119 Å². The molecule has 1 unspecified atom stereocenters. The van der Waals surface area contributed by atoms with Crippen molar-refractivity contribution < 1.29 is 12.6 Å². The van der Waals surface area contributed by atoms with Crippen molar-refractivity contribution in [1.82, 2.24) is 18.8 Å². The fourth-order valence-corrected chi connectivity index (χ4v) is 3.09. The summed E-state index contributed by atoms with van der Waals surface area (Å²) >= 11 is 0. The number of imidazole rings is 1. The third kappa shape index (κ3) is 3.97. The Morgan fingerprint density at radius 3 is 2.80 bits per heavy atom. The highest BCUT2D eigenvalue weighted by atomic mass is 32.2. The summed E-state index contributed by atoms with van der Waals surface area (Å²) in [5.74, 6) is 0. The molecule has 0 spiro atoms. The van der Waals surface area contributed by atoms with Gasteiger partial charge in [0.25, 0.3) is 0 Å². The Hall–Kier alpha value is -1.54. The van der Waals surface area contributed by atoms with Crippen LogP contribution in [0.4, 0.5) is 0 Å². The largest absolute Gasteiger partial charge is 0.363 e. The molecule has 0 radical (unpaired) electrons. The van der Waals surface area contributed by atoms with Gasteiger partial charge in [-0.25, -0.2) is 9.29 Å². The number of rotatable bonds is 7. The lowest BCUT2D eigenvalue weighted by Gasteiger charge is -2.20. The zero-order chi connectivity index (χ0) is 14.6. The molecule has 0 aliphatic carbocycles. The fraction of sp³-hybridized carbons (Fsp3) is 0.583. The molecule has 0 saturated carbocycles. The second-order valence-corrected chi connectivity index (χ2v) is 6.41. The Morgan fingerprint density at radius 1 is 1.40 bits per heavy atom. The number of hydrogen-bond donors (Lipinski definition) is 0. The Morgan fingerprint density at radius 2 is 2.20 bits per heavy atom. The molecule has 0 amide bonds. The Balaban J connectivity index is 1.76. The molecule has 1 aliphatic heterocycles. The van der Waals surface area contributed by atoms with Crippen molar-refractivity contribution >= 4 is 10.3 Å². The molecule has 0 bridgehead atoms. The molecule has 2 heterocycles. The van der Waals surface area contributed by atoms with Gasteiger partial charge in [0.1, 0.15) is 6.67 Å². The Bertz CT molecular complexity index is 541. The molecule has 2 rings (SSSR count). The third-order valence-electron chi connectivity index (χ3n) is 3.01. The molecule has 20 heavy (non-hydrogen) atoms. The predicted molar refractivity (Wildman–Crippen MR) is 74.5 cm³/mol. The van der Waals surface area contributed by atoms with Crippen molar-refractivity contribution in [2.75, 3.05) is 13.7 Å². The molecule has 0 N–H and O–H groups in total. The number of aryl methyl sites for hydroxylation is 1. The van der Waals surface area contributed by atoms with Crippen LogP contribution in [0.15, 0.2) is 31.1 Å². The van der Waals surface area contributed by atoms with Crippen LogP contribution in [0.3, 0.4) is 0 Å². The quantitative estimate of drug-likeness (QED) is 0.751. The van der Waals surface area contributed by atoms with E-state index in [9.17, 15) is 8.42 Å². The summed E-state index contributed by atoms with van der Waals surface area (Å²) < 4.78 is 32.3. The van der Waals surface area contributed by atoms with E-state index in [0.717, 1.165) is 13.0 Å². The highest BCUT2D eigenvalue weighted by molar-refractivity contribution is 7.84. The van der Waals surface area contributed by atoms with Crippen LogP contribution < -0.4 is 0 Å². The van der Waals surface area contributed by atoms with Gasteiger partial charge in [-0.15, -0.1) is 0 Å². The maximum atomic E-state index is 12.0. The van der Waals surface area contributed by atoms with Crippen LogP contribution in [-0.4, -0.2) is 47.0 Å². The zero-order valence-corrected chi connectivity index (χ0v) is 12.5. The van der Waals surface area contributed by atoms with Crippen LogP contribution in [-0.2, 0) is 21.0 Å². The normalized spacial score (nSPS) is 16.9. The second kappa shape index (κ2) is 6.27. The first-order chi connectivity index (χ1) is 9.47. The van der Waals surface area contributed by atoms with E-state index in [1.165, 1.54) is 10.5 Å². The van der Waals surface area contributed by atoms with Gasteiger partial charge in [0, 0.05) is 38.4 Å². The van der Waals surface area contributed by atoms with Gasteiger partial charge < -0.3 is 9.47 Å². The third-order valence-corrected chi connectivity index (χ3v) is 4.39. The molecule has 1 aromatic heterocycles. The van der Waals surface area contributed by atoms with E-state index in [1.807, 2.05) is 10.8 Å². The summed E-state index contributed by atoms with van der Waals surface area (Å²) in [5.41, 5.74) is 0. The molecule has 1 aliphatic rings. The van der Waals surface area contributed by atoms with Gasteiger partial charge in [-0.05, 0) is 19.8 Å². The first-order valence-electron chi connectivity index (χ1n) is 6.52. The molecule has 112 valence electrons. The molecule has 1 aromatic rings. The highest BCUT2D eigenvalue weighted by Crippen LogP contribution is 2.15. The highest BCUT2D eigenvalue weighted by Gasteiger charge is 2.25. The molecular formula is C12H20N4O3S. The van der Waals surface area contributed by atoms with E-state index in [2.05, 4.69) is 4.98 Å². The van der Waals surface area contributed by atoms with Crippen LogP contribution >= 0.6 is 0 Å². The summed E-state index contributed by atoms with van der Waals surface area (Å²) in [6.07, 6.45) is 9.72. The molecule has 0 aromatic carbocycles. The van der Waals surface area contributed by atoms with Crippen molar-refractivity contribution in [3.8, 4) is 0 Å². The van der Waals surface area contributed by atoms with E-state index in [1.54, 1.807) is 37.6 Å². The molecule has 1 atom stereocenters. The lowest BCUT2D eigenvalue weighted by molar-refractivity contribution is 0.192. The lowest BCUT2D eigenvalue weighted by atomic mass is 10.2. The standard InChI is InChI=1S/C12H20N4O3S/c1-12(4-3-6-15-7-5-13-10-15)19-20(17,18)16-9-8-14(2)11-16/h5,7-10,12H,3-4,6,11H2,1-2H3. The van der Waals surface area contributed by atoms with Gasteiger partial charge in [0.2, 0.25) is 0 Å². The monoisotopic (exact) mass is 300 g/mol. The van der Waals surface area contributed by atoms with Crippen LogP contribution in [0, 0.1) is 0 Å². The van der Waals surface area contributed by atoms with Crippen molar-refractivity contribution in [1.29, 1.82) is 0 Å². The van der Waals surface area contributed by atoms with Crippen LogP contribution in [0.25, 0.3) is 0 Å². The molecule has 8 heteroatoms. The van der Waals surface area contributed by atoms with Gasteiger partial charge in [-0.3, -0.25) is 4.18 Å². The van der Waals surface area contributed by atoms with Gasteiger partial charge >= 0.3 is 10.3 Å². The minimum atomic E-state index is -3.69. The second-order valence-electron chi connectivity index (χ2n) is 4.89. The van der Waals surface area contributed by atoms with Crippen LogP contribution in [0.1, 0.15) is 19.8 Å². The summed E-state index contributed by atoms with van der Waals surface area (Å²) in [5, 5.41) is 0. The van der Waals surface area contributed by atoms with Crippen molar-refractivity contribution in [3.05, 3.63) is 31.1 Å². The molecular weight excluding hydrogens is 280 g/mol. The summed E-state index contributed by atoms with van der Waals surface area (Å²) in [6, 6.07) is 0. The van der Waals surface area contributed by atoms with E-state index in [0.29, 0.717) is 13.1 Å². The minimum Gasteiger partial charge on any atom is -0.361 e. The topological polar surface area (TPSA) is 67.7 Å². The molecule has 7 nitrogen and oxygen atoms in total. The van der Waals surface area contributed by atoms with Crippen molar-refractivity contribution in [2.45, 2.75) is 32.4 Å². The van der Waals surface area contributed by atoms with Crippen molar-refractivity contribution in [2.24, 2.45) is 0 Å². The smallest absolute Gasteiger partial charge is 0.361 e. The van der Waals surface area contributed by atoms with Gasteiger partial charge in [-0.1, -0.05) is 0 Å². The van der Waals surface area contributed by atoms with E-state index < -0.39 is 10.3 Å². The van der Waals surface area contributed by atoms with Crippen molar-refractivity contribution in [3.63, 3.8) is 0 Å². The Kier molecular flexibility index (Phi) is 4.66. The number of hydrogen-bond acceptors (Lipinski definition) is 5. The summed E-state index contributed by atoms with van der Waals surface area (Å²) in [6.45, 7) is 2.87. The summed E-state index contributed by atoms with van der Waals surface area (Å²) in [4.78, 5) is 5.72. The average molecular weight is 300 g/mol. The average Bonchev–Trinajstić information content (AvgIpc) is 2.99. The van der Waals surface area contributed by atoms with E-state index >= 15 is 0 Å². The molecule has 0 fully saturated rings. The maximum Gasteiger partial charge on any atom is 0.363 e. The molecule has 0 saturated heterocycles. The van der Waals surface area contributed by atoms with Gasteiger partial charge in [0.05, 0.1) is 12.4 Å². The first-order valence-corrected chi connectivity index (χ1v) is 7.88. The zero-order valence-electron chi connectivity index (χ0n) is 11.7. The lowest BCUT2D eigenvalue weighted by Crippen LogP contribution is -2.32. The van der Waals surface area contributed by atoms with E-state index in [-0.39, 0.29) is 6.10 Å². The fourth-order valence-electron chi connectivity index (χ4n) is 1.94. The van der Waals surface area contributed by atoms with Gasteiger partial charge in [-0.2, -0.15) is 8.42 Å². The number of aromatic nitrogens is 2. The number of nitrogens with zero attached hydrogens (tertiary/aromatic N) is 4. The van der Waals surface area contributed by atoms with E-state index in [4.69, 9.17) is 4.18 Å². The SMILES string of the molecule is CC(CCCn1ccnc1)OS(=O)(=O)N1C=CN(C)C1. The van der Waals surface area contributed by atoms with Crippen LogP contribution in [0.5, 0.6) is 0 Å². The minimum absolute atomic E-state index is 0.296. The first kappa shape index (κ1) is 14.9.